The molecule has 8 heteroatoms. The number of halogens is 1. The number of benzene rings is 1. The van der Waals surface area contributed by atoms with Gasteiger partial charge in [0.15, 0.2) is 0 Å². The van der Waals surface area contributed by atoms with Gasteiger partial charge in [-0.3, -0.25) is 0 Å². The third kappa shape index (κ3) is 6.50. The van der Waals surface area contributed by atoms with Crippen molar-refractivity contribution < 1.29 is 0 Å². The van der Waals surface area contributed by atoms with Crippen LogP contribution < -0.4 is 16.4 Å². The lowest BCUT2D eigenvalue weighted by atomic mass is 10.3. The minimum atomic E-state index is 0.215. The molecule has 2 aromatic rings. The first kappa shape index (κ1) is 19.9. The molecule has 0 atom stereocenters. The number of nitrogens with zero attached hydrogens (tertiary/aromatic N) is 4. The first-order chi connectivity index (χ1) is 12.5. The van der Waals surface area contributed by atoms with Gasteiger partial charge in [0.1, 0.15) is 5.82 Å². The van der Waals surface area contributed by atoms with Gasteiger partial charge in [0.2, 0.25) is 5.96 Å². The van der Waals surface area contributed by atoms with E-state index in [0.717, 1.165) is 43.4 Å². The molecule has 0 aliphatic rings. The van der Waals surface area contributed by atoms with Crippen LogP contribution >= 0.6 is 11.6 Å². The molecule has 1 aromatic heterocycles. The number of guanidine groups is 1. The SMILES string of the molecule is CCN(CC)CCNc1cc(C)nc(/N=C(\N)Nc2ccc(Cl)cc2)n1. The molecule has 26 heavy (non-hydrogen) atoms. The molecule has 1 heterocycles. The van der Waals surface area contributed by atoms with Crippen LogP contribution in [-0.4, -0.2) is 47.0 Å². The van der Waals surface area contributed by atoms with Gasteiger partial charge in [-0.2, -0.15) is 9.98 Å². The Bertz CT molecular complexity index is 727. The zero-order valence-corrected chi connectivity index (χ0v) is 16.2. The molecule has 0 saturated carbocycles. The summed E-state index contributed by atoms with van der Waals surface area (Å²) in [7, 11) is 0. The lowest BCUT2D eigenvalue weighted by molar-refractivity contribution is 0.316. The number of anilines is 2. The van der Waals surface area contributed by atoms with Crippen molar-refractivity contribution in [3.05, 3.63) is 41.0 Å². The van der Waals surface area contributed by atoms with Crippen molar-refractivity contribution in [3.8, 4) is 0 Å². The Kier molecular flexibility index (Phi) is 7.62. The van der Waals surface area contributed by atoms with E-state index in [9.17, 15) is 0 Å². The first-order valence-electron chi connectivity index (χ1n) is 8.68. The van der Waals surface area contributed by atoms with E-state index in [2.05, 4.69) is 44.3 Å². The highest BCUT2D eigenvalue weighted by Crippen LogP contribution is 2.15. The predicted molar refractivity (Wildman–Crippen MR) is 109 cm³/mol. The highest BCUT2D eigenvalue weighted by Gasteiger charge is 2.04. The van der Waals surface area contributed by atoms with Crippen molar-refractivity contribution in [2.24, 2.45) is 10.7 Å². The van der Waals surface area contributed by atoms with Crippen LogP contribution in [0.5, 0.6) is 0 Å². The summed E-state index contributed by atoms with van der Waals surface area (Å²) >= 11 is 5.87. The second-order valence-corrected chi connectivity index (χ2v) is 6.21. The molecule has 0 spiro atoms. The molecule has 0 aliphatic heterocycles. The van der Waals surface area contributed by atoms with E-state index < -0.39 is 0 Å². The van der Waals surface area contributed by atoms with E-state index in [1.807, 2.05) is 25.1 Å². The normalized spacial score (nSPS) is 11.7. The molecule has 7 nitrogen and oxygen atoms in total. The summed E-state index contributed by atoms with van der Waals surface area (Å²) in [4.78, 5) is 15.3. The number of aryl methyl sites for hydroxylation is 1. The Balaban J connectivity index is 2.02. The summed E-state index contributed by atoms with van der Waals surface area (Å²) in [5.41, 5.74) is 7.57. The number of aliphatic imine (C=N–C) groups is 1. The Labute approximate surface area is 159 Å². The molecule has 1 aromatic carbocycles. The number of rotatable bonds is 8. The molecule has 0 bridgehead atoms. The third-order valence-electron chi connectivity index (χ3n) is 3.81. The van der Waals surface area contributed by atoms with E-state index in [-0.39, 0.29) is 5.96 Å². The maximum atomic E-state index is 5.95. The lowest BCUT2D eigenvalue weighted by Gasteiger charge is -2.18. The number of hydrogen-bond acceptors (Lipinski definition) is 5. The molecule has 0 aliphatic carbocycles. The predicted octanol–water partition coefficient (Wildman–Crippen LogP) is 3.25. The standard InChI is InChI=1S/C18H26ClN7/c1-4-26(5-2)11-10-21-16-12-13(3)22-18(24-16)25-17(20)23-15-8-6-14(19)7-9-15/h6-9,12H,4-5,10-11H2,1-3H3,(H4,20,21,22,23,24,25). The molecule has 0 fully saturated rings. The quantitative estimate of drug-likeness (QED) is 0.484. The monoisotopic (exact) mass is 375 g/mol. The Morgan fingerprint density at radius 2 is 1.88 bits per heavy atom. The fourth-order valence-corrected chi connectivity index (χ4v) is 2.52. The molecule has 0 unspecified atom stereocenters. The highest BCUT2D eigenvalue weighted by molar-refractivity contribution is 6.30. The maximum Gasteiger partial charge on any atom is 0.254 e. The van der Waals surface area contributed by atoms with Gasteiger partial charge in [0, 0.05) is 35.6 Å². The first-order valence-corrected chi connectivity index (χ1v) is 9.06. The third-order valence-corrected chi connectivity index (χ3v) is 4.06. The minimum Gasteiger partial charge on any atom is -0.369 e. The van der Waals surface area contributed by atoms with Crippen LogP contribution in [0.2, 0.25) is 5.02 Å². The minimum absolute atomic E-state index is 0.215. The summed E-state index contributed by atoms with van der Waals surface area (Å²) in [6.45, 7) is 10.0. The molecular formula is C18H26ClN7. The van der Waals surface area contributed by atoms with E-state index in [1.165, 1.54) is 0 Å². The van der Waals surface area contributed by atoms with Crippen LogP contribution in [0.3, 0.4) is 0 Å². The molecule has 140 valence electrons. The second kappa shape index (κ2) is 9.94. The fraction of sp³-hybridized carbons (Fsp3) is 0.389. The van der Waals surface area contributed by atoms with Crippen LogP contribution in [0, 0.1) is 6.92 Å². The maximum absolute atomic E-state index is 5.95. The molecule has 0 radical (unpaired) electrons. The number of aromatic nitrogens is 2. The van der Waals surface area contributed by atoms with Gasteiger partial charge in [0.25, 0.3) is 5.95 Å². The smallest absolute Gasteiger partial charge is 0.254 e. The average molecular weight is 376 g/mol. The van der Waals surface area contributed by atoms with Crippen molar-refractivity contribution in [3.63, 3.8) is 0 Å². The van der Waals surface area contributed by atoms with Crippen LogP contribution in [0.15, 0.2) is 35.3 Å². The molecule has 0 saturated heterocycles. The van der Waals surface area contributed by atoms with E-state index in [0.29, 0.717) is 11.0 Å². The second-order valence-electron chi connectivity index (χ2n) is 5.78. The van der Waals surface area contributed by atoms with Gasteiger partial charge in [0.05, 0.1) is 0 Å². The zero-order chi connectivity index (χ0) is 18.9. The van der Waals surface area contributed by atoms with Gasteiger partial charge in [-0.15, -0.1) is 0 Å². The number of nitrogens with two attached hydrogens (primary N) is 1. The highest BCUT2D eigenvalue weighted by atomic mass is 35.5. The zero-order valence-electron chi connectivity index (χ0n) is 15.5. The van der Waals surface area contributed by atoms with E-state index in [4.69, 9.17) is 17.3 Å². The van der Waals surface area contributed by atoms with Crippen LogP contribution in [0.4, 0.5) is 17.5 Å². The molecular weight excluding hydrogens is 350 g/mol. The summed E-state index contributed by atoms with van der Waals surface area (Å²) in [6.07, 6.45) is 0. The van der Waals surface area contributed by atoms with Crippen LogP contribution in [0.1, 0.15) is 19.5 Å². The Hall–Kier alpha value is -2.38. The van der Waals surface area contributed by atoms with Gasteiger partial charge in [-0.05, 0) is 44.3 Å². The van der Waals surface area contributed by atoms with Gasteiger partial charge in [-0.25, -0.2) is 4.98 Å². The summed E-state index contributed by atoms with van der Waals surface area (Å²) in [5.74, 6) is 1.27. The average Bonchev–Trinajstić information content (AvgIpc) is 2.60. The summed E-state index contributed by atoms with van der Waals surface area (Å²) < 4.78 is 0. The van der Waals surface area contributed by atoms with Gasteiger partial charge in [-0.1, -0.05) is 25.4 Å². The van der Waals surface area contributed by atoms with Crippen molar-refractivity contribution in [2.45, 2.75) is 20.8 Å². The fourth-order valence-electron chi connectivity index (χ4n) is 2.39. The molecule has 0 amide bonds. The van der Waals surface area contributed by atoms with Crippen molar-refractivity contribution in [2.75, 3.05) is 36.8 Å². The lowest BCUT2D eigenvalue weighted by Crippen LogP contribution is -2.28. The molecule has 2 rings (SSSR count). The van der Waals surface area contributed by atoms with E-state index >= 15 is 0 Å². The summed E-state index contributed by atoms with van der Waals surface area (Å²) in [5, 5.41) is 6.97. The topological polar surface area (TPSA) is 91.5 Å². The Morgan fingerprint density at radius 1 is 1.19 bits per heavy atom. The summed E-state index contributed by atoms with van der Waals surface area (Å²) in [6, 6.07) is 9.09. The number of nitrogens with one attached hydrogen (secondary N) is 2. The van der Waals surface area contributed by atoms with E-state index in [1.54, 1.807) is 12.1 Å². The van der Waals surface area contributed by atoms with Gasteiger partial charge >= 0.3 is 0 Å². The van der Waals surface area contributed by atoms with Gasteiger partial charge < -0.3 is 21.3 Å². The number of likely N-dealkylation sites (N-methyl/N-ethyl adjacent to an activating group) is 1. The van der Waals surface area contributed by atoms with Crippen LogP contribution in [-0.2, 0) is 0 Å². The van der Waals surface area contributed by atoms with Crippen LogP contribution in [0.25, 0.3) is 0 Å². The largest absolute Gasteiger partial charge is 0.369 e. The number of hydrogen-bond donors (Lipinski definition) is 3. The van der Waals surface area contributed by atoms with Crippen molar-refractivity contribution in [1.29, 1.82) is 0 Å². The van der Waals surface area contributed by atoms with Crippen molar-refractivity contribution >= 4 is 35.0 Å². The molecule has 4 N–H and O–H groups in total. The Morgan fingerprint density at radius 3 is 2.54 bits per heavy atom. The van der Waals surface area contributed by atoms with Crippen molar-refractivity contribution in [1.82, 2.24) is 14.9 Å².